The second kappa shape index (κ2) is 7.22. The largest absolute Gasteiger partial charge is 0.369 e. The minimum Gasteiger partial charge on any atom is -0.369 e. The molecule has 0 saturated heterocycles. The molecule has 2 aliphatic carbocycles. The lowest BCUT2D eigenvalue weighted by molar-refractivity contribution is -0.130. The number of aliphatic imine (C=N–C) groups is 1. The third-order valence-electron chi connectivity index (χ3n) is 6.85. The Morgan fingerprint density at radius 3 is 2.79 bits per heavy atom. The third kappa shape index (κ3) is 3.40. The first kappa shape index (κ1) is 19.0. The van der Waals surface area contributed by atoms with Crippen molar-refractivity contribution in [1.82, 2.24) is 10.2 Å². The number of fused-ring (bicyclic) bond motifs is 1. The average Bonchev–Trinajstić information content (AvgIpc) is 3.37. The molecule has 6 nitrogen and oxygen atoms in total. The Kier molecular flexibility index (Phi) is 4.89. The van der Waals surface area contributed by atoms with Gasteiger partial charge in [0.2, 0.25) is 11.8 Å². The van der Waals surface area contributed by atoms with Gasteiger partial charge in [0.05, 0.1) is 18.0 Å². The number of guanidine groups is 1. The molecule has 0 aromatic heterocycles. The normalized spacial score (nSPS) is 27.9. The summed E-state index contributed by atoms with van der Waals surface area (Å²) in [6.07, 6.45) is 4.80. The summed E-state index contributed by atoms with van der Waals surface area (Å²) in [7, 11) is 0. The summed E-state index contributed by atoms with van der Waals surface area (Å²) in [5.41, 5.74) is 8.35. The van der Waals surface area contributed by atoms with E-state index in [0.717, 1.165) is 32.1 Å². The van der Waals surface area contributed by atoms with Crippen molar-refractivity contribution in [3.8, 4) is 0 Å². The van der Waals surface area contributed by atoms with Gasteiger partial charge in [0, 0.05) is 12.5 Å². The van der Waals surface area contributed by atoms with Crippen molar-refractivity contribution in [3.63, 3.8) is 0 Å². The van der Waals surface area contributed by atoms with Gasteiger partial charge in [-0.05, 0) is 49.1 Å². The van der Waals surface area contributed by atoms with E-state index in [1.807, 2.05) is 26.0 Å². The summed E-state index contributed by atoms with van der Waals surface area (Å²) < 4.78 is 0. The molecular weight excluding hydrogens is 352 g/mol. The van der Waals surface area contributed by atoms with Gasteiger partial charge < -0.3 is 11.1 Å². The van der Waals surface area contributed by atoms with Crippen LogP contribution in [0.25, 0.3) is 0 Å². The standard InChI is InChI=1S/C22H30N4O2/c1-3-22(4-2)12-19(27)26(21(23)25-22)13-15-11-17(15)20(28)24-18-10-9-14-7-5-6-8-16(14)18/h5-8,15,17-18H,3-4,9-13H2,1-2H3,(H2,23,25)(H,24,28)/t15?,17-,18+/m1/s1. The van der Waals surface area contributed by atoms with Gasteiger partial charge in [0.25, 0.3) is 0 Å². The Balaban J connectivity index is 1.35. The minimum absolute atomic E-state index is 0.0302. The monoisotopic (exact) mass is 382 g/mol. The molecule has 1 aromatic carbocycles. The Morgan fingerprint density at radius 1 is 1.32 bits per heavy atom. The maximum absolute atomic E-state index is 12.7. The van der Waals surface area contributed by atoms with Crippen molar-refractivity contribution in [2.45, 2.75) is 64.0 Å². The van der Waals surface area contributed by atoms with E-state index in [-0.39, 0.29) is 35.2 Å². The van der Waals surface area contributed by atoms with Crippen LogP contribution in [0.4, 0.5) is 0 Å². The van der Waals surface area contributed by atoms with Crippen LogP contribution in [0, 0.1) is 11.8 Å². The Morgan fingerprint density at radius 2 is 2.07 bits per heavy atom. The molecule has 1 fully saturated rings. The Hall–Kier alpha value is -2.37. The fraction of sp³-hybridized carbons (Fsp3) is 0.591. The highest BCUT2D eigenvalue weighted by molar-refractivity contribution is 5.99. The average molecular weight is 383 g/mol. The van der Waals surface area contributed by atoms with Gasteiger partial charge >= 0.3 is 0 Å². The molecular formula is C22H30N4O2. The highest BCUT2D eigenvalue weighted by atomic mass is 16.2. The number of benzene rings is 1. The Bertz CT molecular complexity index is 815. The van der Waals surface area contributed by atoms with Gasteiger partial charge in [-0.2, -0.15) is 0 Å². The van der Waals surface area contributed by atoms with E-state index in [9.17, 15) is 9.59 Å². The van der Waals surface area contributed by atoms with E-state index >= 15 is 0 Å². The van der Waals surface area contributed by atoms with E-state index in [1.54, 1.807) is 4.90 Å². The molecule has 28 heavy (non-hydrogen) atoms. The molecule has 2 amide bonds. The Labute approximate surface area is 166 Å². The number of hydrogen-bond donors (Lipinski definition) is 2. The summed E-state index contributed by atoms with van der Waals surface area (Å²) in [6, 6.07) is 8.43. The molecule has 0 spiro atoms. The first-order valence-electron chi connectivity index (χ1n) is 10.5. The van der Waals surface area contributed by atoms with E-state index < -0.39 is 0 Å². The van der Waals surface area contributed by atoms with Crippen LogP contribution < -0.4 is 11.1 Å². The number of amides is 2. The fourth-order valence-corrected chi connectivity index (χ4v) is 4.69. The maximum Gasteiger partial charge on any atom is 0.231 e. The second-order valence-corrected chi connectivity index (χ2v) is 8.48. The van der Waals surface area contributed by atoms with Crippen molar-refractivity contribution in [2.75, 3.05) is 6.54 Å². The van der Waals surface area contributed by atoms with Gasteiger partial charge in [-0.1, -0.05) is 38.1 Å². The van der Waals surface area contributed by atoms with Crippen LogP contribution in [0.5, 0.6) is 0 Å². The van der Waals surface area contributed by atoms with E-state index in [0.29, 0.717) is 18.9 Å². The topological polar surface area (TPSA) is 87.8 Å². The van der Waals surface area contributed by atoms with Gasteiger partial charge in [-0.15, -0.1) is 0 Å². The first-order valence-corrected chi connectivity index (χ1v) is 10.5. The fourth-order valence-electron chi connectivity index (χ4n) is 4.69. The molecule has 1 aromatic rings. The lowest BCUT2D eigenvalue weighted by Crippen LogP contribution is -2.52. The number of aryl methyl sites for hydroxylation is 1. The van der Waals surface area contributed by atoms with Crippen LogP contribution in [0.1, 0.15) is 63.1 Å². The molecule has 0 bridgehead atoms. The minimum atomic E-state index is -0.353. The lowest BCUT2D eigenvalue weighted by Gasteiger charge is -2.36. The second-order valence-electron chi connectivity index (χ2n) is 8.48. The van der Waals surface area contributed by atoms with Crippen molar-refractivity contribution in [3.05, 3.63) is 35.4 Å². The molecule has 1 saturated carbocycles. The number of nitrogens with two attached hydrogens (primary N) is 1. The summed E-state index contributed by atoms with van der Waals surface area (Å²) in [5, 5.41) is 3.21. The van der Waals surface area contributed by atoms with Gasteiger partial charge in [0.1, 0.15) is 0 Å². The molecule has 1 heterocycles. The lowest BCUT2D eigenvalue weighted by atomic mass is 9.88. The van der Waals surface area contributed by atoms with Crippen LogP contribution in [-0.4, -0.2) is 34.8 Å². The molecule has 1 unspecified atom stereocenters. The molecule has 4 rings (SSSR count). The van der Waals surface area contributed by atoms with Crippen LogP contribution >= 0.6 is 0 Å². The summed E-state index contributed by atoms with van der Waals surface area (Å²) in [6.45, 7) is 4.59. The molecule has 0 radical (unpaired) electrons. The third-order valence-corrected chi connectivity index (χ3v) is 6.85. The van der Waals surface area contributed by atoms with Crippen LogP contribution in [0.3, 0.4) is 0 Å². The predicted molar refractivity (Wildman–Crippen MR) is 109 cm³/mol. The quantitative estimate of drug-likeness (QED) is 0.792. The van der Waals surface area contributed by atoms with E-state index in [4.69, 9.17) is 5.73 Å². The van der Waals surface area contributed by atoms with Crippen LogP contribution in [-0.2, 0) is 16.0 Å². The van der Waals surface area contributed by atoms with Crippen molar-refractivity contribution < 1.29 is 9.59 Å². The molecule has 1 aliphatic heterocycles. The zero-order valence-electron chi connectivity index (χ0n) is 16.8. The predicted octanol–water partition coefficient (Wildman–Crippen LogP) is 2.53. The van der Waals surface area contributed by atoms with Gasteiger partial charge in [-0.3, -0.25) is 14.5 Å². The van der Waals surface area contributed by atoms with Crippen molar-refractivity contribution in [1.29, 1.82) is 0 Å². The van der Waals surface area contributed by atoms with Crippen molar-refractivity contribution >= 4 is 17.8 Å². The van der Waals surface area contributed by atoms with Gasteiger partial charge in [-0.25, -0.2) is 4.99 Å². The number of carbonyl (C=O) groups excluding carboxylic acids is 2. The number of nitrogens with zero attached hydrogens (tertiary/aromatic N) is 2. The zero-order valence-corrected chi connectivity index (χ0v) is 16.8. The summed E-state index contributed by atoms with van der Waals surface area (Å²) in [5.74, 6) is 0.591. The first-order chi connectivity index (χ1) is 13.5. The van der Waals surface area contributed by atoms with Crippen molar-refractivity contribution in [2.24, 2.45) is 22.6 Å². The summed E-state index contributed by atoms with van der Waals surface area (Å²) >= 11 is 0. The number of rotatable bonds is 6. The maximum atomic E-state index is 12.7. The number of carbonyl (C=O) groups is 2. The summed E-state index contributed by atoms with van der Waals surface area (Å²) in [4.78, 5) is 31.6. The highest BCUT2D eigenvalue weighted by Gasteiger charge is 2.47. The molecule has 6 heteroatoms. The smallest absolute Gasteiger partial charge is 0.231 e. The highest BCUT2D eigenvalue weighted by Crippen LogP contribution is 2.41. The SMILES string of the molecule is CCC1(CC)CC(=O)N(CC2C[C@H]2C(=O)N[C@H]2CCc3ccccc32)C(N)=N1. The van der Waals surface area contributed by atoms with E-state index in [2.05, 4.69) is 22.4 Å². The van der Waals surface area contributed by atoms with Crippen LogP contribution in [0.15, 0.2) is 29.3 Å². The van der Waals surface area contributed by atoms with Gasteiger partial charge in [0.15, 0.2) is 5.96 Å². The molecule has 3 N–H and O–H groups in total. The molecule has 3 atom stereocenters. The van der Waals surface area contributed by atoms with Crippen LogP contribution in [0.2, 0.25) is 0 Å². The van der Waals surface area contributed by atoms with E-state index in [1.165, 1.54) is 11.1 Å². The number of nitrogens with one attached hydrogen (secondary N) is 1. The number of hydrogen-bond acceptors (Lipinski definition) is 4. The zero-order chi connectivity index (χ0) is 19.9. The molecule has 3 aliphatic rings. The molecule has 150 valence electrons.